The molecule has 0 aromatic heterocycles. The Kier molecular flexibility index (Phi) is 6.71. The van der Waals surface area contributed by atoms with Crippen LogP contribution in [0, 0.1) is 6.92 Å². The van der Waals surface area contributed by atoms with Crippen LogP contribution in [-0.2, 0) is 14.3 Å². The molecule has 0 heterocycles. The molecule has 0 atom stereocenters. The van der Waals surface area contributed by atoms with E-state index < -0.39 is 5.97 Å². The molecule has 1 aromatic rings. The lowest BCUT2D eigenvalue weighted by atomic mass is 9.95. The minimum Gasteiger partial charge on any atom is -0.480 e. The van der Waals surface area contributed by atoms with E-state index in [9.17, 15) is 9.59 Å². The summed E-state index contributed by atoms with van der Waals surface area (Å²) in [5.74, 6) is -0.435. The van der Waals surface area contributed by atoms with Crippen LogP contribution in [0.25, 0.3) is 0 Å². The molecule has 0 spiro atoms. The molecule has 0 saturated heterocycles. The Bertz CT molecular complexity index is 556. The maximum Gasteiger partial charge on any atom is 0.344 e. The number of carbonyl (C=O) groups is 2. The van der Waals surface area contributed by atoms with Crippen LogP contribution in [0.1, 0.15) is 37.7 Å². The smallest absolute Gasteiger partial charge is 0.344 e. The van der Waals surface area contributed by atoms with Gasteiger partial charge in [0.2, 0.25) is 0 Å². The summed E-state index contributed by atoms with van der Waals surface area (Å²) >= 11 is 5.97. The molecular formula is C17H22ClNO4. The van der Waals surface area contributed by atoms with E-state index in [0.717, 1.165) is 31.2 Å². The second-order valence-corrected chi connectivity index (χ2v) is 6.19. The van der Waals surface area contributed by atoms with Crippen molar-refractivity contribution in [3.8, 4) is 5.75 Å². The van der Waals surface area contributed by atoms with E-state index >= 15 is 0 Å². The van der Waals surface area contributed by atoms with Crippen LogP contribution in [0.5, 0.6) is 5.75 Å². The van der Waals surface area contributed by atoms with Crippen LogP contribution in [-0.4, -0.2) is 31.1 Å². The van der Waals surface area contributed by atoms with Gasteiger partial charge in [0.1, 0.15) is 5.75 Å². The number of rotatable bonds is 6. The van der Waals surface area contributed by atoms with Gasteiger partial charge in [-0.15, -0.1) is 0 Å². The summed E-state index contributed by atoms with van der Waals surface area (Å²) in [4.78, 5) is 23.4. The van der Waals surface area contributed by atoms with E-state index in [2.05, 4.69) is 5.32 Å². The summed E-state index contributed by atoms with van der Waals surface area (Å²) in [5, 5.41) is 3.32. The van der Waals surface area contributed by atoms with Crippen LogP contribution in [0.4, 0.5) is 0 Å². The molecule has 23 heavy (non-hydrogen) atoms. The SMILES string of the molecule is Cc1ccc(Cl)c(OCC(=O)OCC(=O)NC2CCCCC2)c1. The van der Waals surface area contributed by atoms with Crippen molar-refractivity contribution in [3.63, 3.8) is 0 Å². The van der Waals surface area contributed by atoms with Gasteiger partial charge < -0.3 is 14.8 Å². The van der Waals surface area contributed by atoms with E-state index in [4.69, 9.17) is 21.1 Å². The van der Waals surface area contributed by atoms with Crippen LogP contribution >= 0.6 is 11.6 Å². The highest BCUT2D eigenvalue weighted by Gasteiger charge is 2.16. The lowest BCUT2D eigenvalue weighted by molar-refractivity contribution is -0.150. The van der Waals surface area contributed by atoms with Crippen LogP contribution in [0.15, 0.2) is 18.2 Å². The normalized spacial score (nSPS) is 15.0. The van der Waals surface area contributed by atoms with Crippen molar-refractivity contribution in [1.29, 1.82) is 0 Å². The fourth-order valence-electron chi connectivity index (χ4n) is 2.56. The van der Waals surface area contributed by atoms with Crippen molar-refractivity contribution in [2.45, 2.75) is 45.1 Å². The van der Waals surface area contributed by atoms with Gasteiger partial charge >= 0.3 is 5.97 Å². The number of esters is 1. The minimum atomic E-state index is -0.596. The number of hydrogen-bond acceptors (Lipinski definition) is 4. The second kappa shape index (κ2) is 8.77. The number of halogens is 1. The summed E-state index contributed by atoms with van der Waals surface area (Å²) in [7, 11) is 0. The molecule has 1 aromatic carbocycles. The highest BCUT2D eigenvalue weighted by molar-refractivity contribution is 6.32. The van der Waals surface area contributed by atoms with Gasteiger partial charge in [-0.2, -0.15) is 0 Å². The highest BCUT2D eigenvalue weighted by atomic mass is 35.5. The Morgan fingerprint density at radius 1 is 1.22 bits per heavy atom. The van der Waals surface area contributed by atoms with Crippen molar-refractivity contribution in [2.24, 2.45) is 0 Å². The van der Waals surface area contributed by atoms with E-state index in [-0.39, 0.29) is 25.2 Å². The molecule has 0 aliphatic heterocycles. The lowest BCUT2D eigenvalue weighted by Crippen LogP contribution is -2.39. The van der Waals surface area contributed by atoms with E-state index in [1.807, 2.05) is 13.0 Å². The number of ether oxygens (including phenoxy) is 2. The van der Waals surface area contributed by atoms with E-state index in [1.165, 1.54) is 6.42 Å². The monoisotopic (exact) mass is 339 g/mol. The molecule has 0 unspecified atom stereocenters. The Morgan fingerprint density at radius 3 is 2.70 bits per heavy atom. The van der Waals surface area contributed by atoms with Crippen molar-refractivity contribution >= 4 is 23.5 Å². The van der Waals surface area contributed by atoms with Crippen LogP contribution in [0.3, 0.4) is 0 Å². The molecule has 6 heteroatoms. The Hall–Kier alpha value is -1.75. The van der Waals surface area contributed by atoms with Gasteiger partial charge in [-0.3, -0.25) is 4.79 Å². The first-order valence-corrected chi connectivity index (χ1v) is 8.26. The Labute approximate surface area is 141 Å². The van der Waals surface area contributed by atoms with Crippen molar-refractivity contribution in [3.05, 3.63) is 28.8 Å². The van der Waals surface area contributed by atoms with Gasteiger partial charge in [0.15, 0.2) is 13.2 Å². The summed E-state index contributed by atoms with van der Waals surface area (Å²) in [5.41, 5.74) is 0.977. The van der Waals surface area contributed by atoms with Gasteiger partial charge in [0.05, 0.1) is 5.02 Å². The molecule has 0 bridgehead atoms. The molecule has 5 nitrogen and oxygen atoms in total. The van der Waals surface area contributed by atoms with Gasteiger partial charge in [0.25, 0.3) is 5.91 Å². The number of hydrogen-bond donors (Lipinski definition) is 1. The predicted molar refractivity (Wildman–Crippen MR) is 87.7 cm³/mol. The zero-order chi connectivity index (χ0) is 16.7. The number of benzene rings is 1. The Balaban J connectivity index is 1.68. The molecule has 126 valence electrons. The van der Waals surface area contributed by atoms with Crippen molar-refractivity contribution in [2.75, 3.05) is 13.2 Å². The zero-order valence-electron chi connectivity index (χ0n) is 13.3. The van der Waals surface area contributed by atoms with E-state index in [1.54, 1.807) is 12.1 Å². The summed E-state index contributed by atoms with van der Waals surface area (Å²) in [6.45, 7) is 1.34. The summed E-state index contributed by atoms with van der Waals surface area (Å²) in [6, 6.07) is 5.50. The molecule has 1 N–H and O–H groups in total. The number of amides is 1. The number of carbonyl (C=O) groups excluding carboxylic acids is 2. The molecule has 1 saturated carbocycles. The number of aryl methyl sites for hydroxylation is 1. The van der Waals surface area contributed by atoms with Gasteiger partial charge in [-0.1, -0.05) is 36.9 Å². The van der Waals surface area contributed by atoms with Crippen molar-refractivity contribution < 1.29 is 19.1 Å². The molecule has 1 aliphatic carbocycles. The van der Waals surface area contributed by atoms with Crippen LogP contribution in [0.2, 0.25) is 5.02 Å². The first-order chi connectivity index (χ1) is 11.0. The summed E-state index contributed by atoms with van der Waals surface area (Å²) in [6.07, 6.45) is 5.48. The quantitative estimate of drug-likeness (QED) is 0.809. The molecular weight excluding hydrogens is 318 g/mol. The average Bonchev–Trinajstić information content (AvgIpc) is 2.54. The zero-order valence-corrected chi connectivity index (χ0v) is 14.0. The number of nitrogens with one attached hydrogen (secondary N) is 1. The third-order valence-electron chi connectivity index (χ3n) is 3.77. The fourth-order valence-corrected chi connectivity index (χ4v) is 2.73. The van der Waals surface area contributed by atoms with Gasteiger partial charge in [-0.25, -0.2) is 4.79 Å². The topological polar surface area (TPSA) is 64.6 Å². The molecule has 1 aliphatic rings. The third kappa shape index (κ3) is 6.10. The Morgan fingerprint density at radius 2 is 1.96 bits per heavy atom. The largest absolute Gasteiger partial charge is 0.480 e. The second-order valence-electron chi connectivity index (χ2n) is 5.79. The van der Waals surface area contributed by atoms with Gasteiger partial charge in [-0.05, 0) is 37.5 Å². The molecule has 2 rings (SSSR count). The molecule has 1 fully saturated rings. The van der Waals surface area contributed by atoms with Crippen LogP contribution < -0.4 is 10.1 Å². The standard InChI is InChI=1S/C17H22ClNO4/c1-12-7-8-14(18)15(9-12)22-11-17(21)23-10-16(20)19-13-5-3-2-4-6-13/h7-9,13H,2-6,10-11H2,1H3,(H,19,20). The van der Waals surface area contributed by atoms with E-state index in [0.29, 0.717) is 10.8 Å². The molecule has 1 amide bonds. The van der Waals surface area contributed by atoms with Crippen molar-refractivity contribution in [1.82, 2.24) is 5.32 Å². The first kappa shape index (κ1) is 17.6. The predicted octanol–water partition coefficient (Wildman–Crippen LogP) is 3.02. The first-order valence-electron chi connectivity index (χ1n) is 7.88. The van der Waals surface area contributed by atoms with Gasteiger partial charge in [0, 0.05) is 6.04 Å². The molecule has 0 radical (unpaired) electrons. The maximum atomic E-state index is 11.7. The average molecular weight is 340 g/mol. The highest BCUT2D eigenvalue weighted by Crippen LogP contribution is 2.25. The summed E-state index contributed by atoms with van der Waals surface area (Å²) < 4.78 is 10.2. The maximum absolute atomic E-state index is 11.7. The minimum absolute atomic E-state index is 0.206. The third-order valence-corrected chi connectivity index (χ3v) is 4.08. The lowest BCUT2D eigenvalue weighted by Gasteiger charge is -2.22. The fraction of sp³-hybridized carbons (Fsp3) is 0.529.